The number of rotatable bonds is 7. The number of nitrogens with one attached hydrogen (secondary N) is 3. The highest BCUT2D eigenvalue weighted by atomic mass is 16.5. The van der Waals surface area contributed by atoms with Gasteiger partial charge >= 0.3 is 0 Å². The number of aromatic amines is 1. The zero-order valence-corrected chi connectivity index (χ0v) is 15.9. The van der Waals surface area contributed by atoms with E-state index >= 15 is 0 Å². The maximum Gasteiger partial charge on any atom is 0.159 e. The summed E-state index contributed by atoms with van der Waals surface area (Å²) < 4.78 is 11.3. The molecule has 4 N–H and O–H groups in total. The first-order valence-corrected chi connectivity index (χ1v) is 9.80. The molecule has 0 bridgehead atoms. The van der Waals surface area contributed by atoms with E-state index in [0.717, 1.165) is 33.8 Å². The Balaban J connectivity index is 1.13. The van der Waals surface area contributed by atoms with Gasteiger partial charge in [-0.3, -0.25) is 0 Å². The van der Waals surface area contributed by atoms with Crippen LogP contribution in [0.4, 0.5) is 5.69 Å². The molecular weight excluding hydrogens is 366 g/mol. The Morgan fingerprint density at radius 1 is 1.03 bits per heavy atom. The number of anilines is 1. The molecular formula is C23H23N3O3. The van der Waals surface area contributed by atoms with Crippen LogP contribution in [0.3, 0.4) is 0 Å². The van der Waals surface area contributed by atoms with Crippen LogP contribution in [0.5, 0.6) is 11.5 Å². The monoisotopic (exact) mass is 389 g/mol. The molecule has 0 radical (unpaired) electrons. The quantitative estimate of drug-likeness (QED) is 0.362. The van der Waals surface area contributed by atoms with Crippen LogP contribution in [-0.2, 0) is 0 Å². The summed E-state index contributed by atoms with van der Waals surface area (Å²) >= 11 is 0. The Labute approximate surface area is 168 Å². The van der Waals surface area contributed by atoms with Crippen molar-refractivity contribution in [3.63, 3.8) is 0 Å². The van der Waals surface area contributed by atoms with Gasteiger partial charge in [-0.05, 0) is 35.9 Å². The van der Waals surface area contributed by atoms with Crippen molar-refractivity contribution in [2.45, 2.75) is 6.10 Å². The van der Waals surface area contributed by atoms with Crippen molar-refractivity contribution in [1.82, 2.24) is 10.3 Å². The summed E-state index contributed by atoms with van der Waals surface area (Å²) in [5, 5.41) is 19.2. The Kier molecular flexibility index (Phi) is 4.71. The predicted octanol–water partition coefficient (Wildman–Crippen LogP) is 3.78. The Bertz CT molecular complexity index is 1150. The number of fused-ring (bicyclic) bond motifs is 4. The molecule has 2 heterocycles. The summed E-state index contributed by atoms with van der Waals surface area (Å²) in [6, 6.07) is 20.1. The number of hydrogen-bond acceptors (Lipinski definition) is 5. The molecule has 0 aliphatic carbocycles. The highest BCUT2D eigenvalue weighted by Crippen LogP contribution is 2.31. The SMILES string of the molecule is O[C@@H](CNCCOc1ccc2c(c1)[nH]c1ccccc12)c1ccc2c(c1)NCO2. The minimum absolute atomic E-state index is 0.462. The molecule has 29 heavy (non-hydrogen) atoms. The van der Waals surface area contributed by atoms with Gasteiger partial charge in [-0.15, -0.1) is 0 Å². The topological polar surface area (TPSA) is 78.5 Å². The van der Waals surface area contributed by atoms with Crippen molar-refractivity contribution in [2.75, 3.05) is 31.7 Å². The first-order valence-electron chi connectivity index (χ1n) is 9.80. The van der Waals surface area contributed by atoms with E-state index in [1.807, 2.05) is 42.5 Å². The fourth-order valence-corrected chi connectivity index (χ4v) is 3.73. The lowest BCUT2D eigenvalue weighted by Crippen LogP contribution is -2.26. The van der Waals surface area contributed by atoms with Crippen molar-refractivity contribution < 1.29 is 14.6 Å². The van der Waals surface area contributed by atoms with Crippen molar-refractivity contribution in [1.29, 1.82) is 0 Å². The molecule has 0 unspecified atom stereocenters. The van der Waals surface area contributed by atoms with E-state index in [1.165, 1.54) is 10.8 Å². The smallest absolute Gasteiger partial charge is 0.159 e. The number of H-pyrrole nitrogens is 1. The Morgan fingerprint density at radius 2 is 1.93 bits per heavy atom. The second-order valence-corrected chi connectivity index (χ2v) is 7.17. The van der Waals surface area contributed by atoms with Gasteiger partial charge in [0.15, 0.2) is 6.73 Å². The van der Waals surface area contributed by atoms with E-state index in [-0.39, 0.29) is 0 Å². The van der Waals surface area contributed by atoms with Crippen LogP contribution in [0.2, 0.25) is 0 Å². The zero-order chi connectivity index (χ0) is 19.6. The number of aliphatic hydroxyl groups is 1. The number of aromatic nitrogens is 1. The third-order valence-electron chi connectivity index (χ3n) is 5.24. The van der Waals surface area contributed by atoms with Gasteiger partial charge in [-0.1, -0.05) is 24.3 Å². The fourth-order valence-electron chi connectivity index (χ4n) is 3.73. The molecule has 5 rings (SSSR count). The van der Waals surface area contributed by atoms with Gasteiger partial charge in [0.05, 0.1) is 17.3 Å². The third-order valence-corrected chi connectivity index (χ3v) is 5.24. The van der Waals surface area contributed by atoms with Gasteiger partial charge in [0.25, 0.3) is 0 Å². The summed E-state index contributed by atoms with van der Waals surface area (Å²) in [5.74, 6) is 1.66. The van der Waals surface area contributed by atoms with Crippen LogP contribution in [0.1, 0.15) is 11.7 Å². The van der Waals surface area contributed by atoms with E-state index in [2.05, 4.69) is 33.8 Å². The minimum atomic E-state index is -0.578. The maximum absolute atomic E-state index is 10.4. The average Bonchev–Trinajstić information content (AvgIpc) is 3.36. The lowest BCUT2D eigenvalue weighted by molar-refractivity contribution is 0.172. The molecule has 4 aromatic rings. The van der Waals surface area contributed by atoms with Gasteiger partial charge < -0.3 is 30.2 Å². The van der Waals surface area contributed by atoms with Gasteiger partial charge in [-0.2, -0.15) is 0 Å². The normalized spacial score (nSPS) is 13.8. The molecule has 1 aliphatic heterocycles. The summed E-state index contributed by atoms with van der Waals surface area (Å²) in [5.41, 5.74) is 3.99. The molecule has 1 aliphatic rings. The van der Waals surface area contributed by atoms with Crippen LogP contribution in [0, 0.1) is 0 Å². The average molecular weight is 389 g/mol. The molecule has 3 aromatic carbocycles. The van der Waals surface area contributed by atoms with Gasteiger partial charge in [-0.25, -0.2) is 0 Å². The molecule has 1 atom stereocenters. The number of ether oxygens (including phenoxy) is 2. The predicted molar refractivity (Wildman–Crippen MR) is 115 cm³/mol. The van der Waals surface area contributed by atoms with Crippen molar-refractivity contribution in [3.8, 4) is 11.5 Å². The molecule has 0 fully saturated rings. The molecule has 0 saturated heterocycles. The van der Waals surface area contributed by atoms with Crippen LogP contribution >= 0.6 is 0 Å². The summed E-state index contributed by atoms with van der Waals surface area (Å²) in [7, 11) is 0. The van der Waals surface area contributed by atoms with Crippen LogP contribution < -0.4 is 20.1 Å². The van der Waals surface area contributed by atoms with Gasteiger partial charge in [0, 0.05) is 35.4 Å². The van der Waals surface area contributed by atoms with Crippen molar-refractivity contribution in [3.05, 3.63) is 66.2 Å². The van der Waals surface area contributed by atoms with E-state index in [9.17, 15) is 5.11 Å². The molecule has 0 amide bonds. The number of hydrogen-bond donors (Lipinski definition) is 4. The van der Waals surface area contributed by atoms with Crippen LogP contribution in [0.15, 0.2) is 60.7 Å². The lowest BCUT2D eigenvalue weighted by atomic mass is 10.1. The van der Waals surface area contributed by atoms with Crippen molar-refractivity contribution >= 4 is 27.5 Å². The molecule has 1 aromatic heterocycles. The van der Waals surface area contributed by atoms with E-state index < -0.39 is 6.10 Å². The van der Waals surface area contributed by atoms with Gasteiger partial charge in [0.1, 0.15) is 18.1 Å². The molecule has 0 spiro atoms. The highest BCUT2D eigenvalue weighted by molar-refractivity contribution is 6.07. The first kappa shape index (κ1) is 17.8. The van der Waals surface area contributed by atoms with Gasteiger partial charge in [0.2, 0.25) is 0 Å². The molecule has 0 saturated carbocycles. The maximum atomic E-state index is 10.4. The highest BCUT2D eigenvalue weighted by Gasteiger charge is 2.14. The summed E-state index contributed by atoms with van der Waals surface area (Å²) in [4.78, 5) is 3.43. The number of para-hydroxylation sites is 1. The molecule has 6 heteroatoms. The van der Waals surface area contributed by atoms with E-state index in [0.29, 0.717) is 26.4 Å². The Hall–Kier alpha value is -3.22. The van der Waals surface area contributed by atoms with Crippen LogP contribution in [0.25, 0.3) is 21.8 Å². The molecule has 148 valence electrons. The summed E-state index contributed by atoms with van der Waals surface area (Å²) in [6.45, 7) is 2.12. The fraction of sp³-hybridized carbons (Fsp3) is 0.217. The van der Waals surface area contributed by atoms with Crippen LogP contribution in [-0.4, -0.2) is 36.5 Å². The van der Waals surface area contributed by atoms with E-state index in [1.54, 1.807) is 0 Å². The third kappa shape index (κ3) is 3.60. The zero-order valence-electron chi connectivity index (χ0n) is 15.9. The van der Waals surface area contributed by atoms with Crippen molar-refractivity contribution in [2.24, 2.45) is 0 Å². The standard InChI is InChI=1S/C23H23N3O3/c27-22(15-5-8-23-21(11-15)25-14-29-23)13-24-9-10-28-16-6-7-18-17-3-1-2-4-19(17)26-20(18)12-16/h1-8,11-12,22,24-27H,9-10,13-14H2/t22-/m0/s1. The van der Waals surface area contributed by atoms with E-state index in [4.69, 9.17) is 9.47 Å². The second-order valence-electron chi connectivity index (χ2n) is 7.17. The first-order chi connectivity index (χ1) is 14.3. The lowest BCUT2D eigenvalue weighted by Gasteiger charge is -2.13. The molecule has 6 nitrogen and oxygen atoms in total. The Morgan fingerprint density at radius 3 is 2.90 bits per heavy atom. The summed E-state index contributed by atoms with van der Waals surface area (Å²) in [6.07, 6.45) is -0.578. The number of benzene rings is 3. The number of aliphatic hydroxyl groups excluding tert-OH is 1. The largest absolute Gasteiger partial charge is 0.492 e. The minimum Gasteiger partial charge on any atom is -0.492 e. The second kappa shape index (κ2) is 7.66.